The highest BCUT2D eigenvalue weighted by atomic mass is 31.2. The molecular formula is C76H142NO8P. The molecule has 9 nitrogen and oxygen atoms in total. The van der Waals surface area contributed by atoms with Gasteiger partial charge in [0, 0.05) is 12.8 Å². The Morgan fingerprint density at radius 1 is 0.372 bits per heavy atom. The van der Waals surface area contributed by atoms with Crippen LogP contribution in [0.3, 0.4) is 0 Å². The lowest BCUT2D eigenvalue weighted by Gasteiger charge is -2.28. The van der Waals surface area contributed by atoms with Crippen molar-refractivity contribution in [1.29, 1.82) is 0 Å². The molecule has 0 aromatic carbocycles. The number of ether oxygens (including phenoxy) is 2. The molecule has 0 heterocycles. The molecule has 0 bridgehead atoms. The molecule has 0 saturated carbocycles. The first-order valence-electron chi connectivity index (χ1n) is 37.0. The number of quaternary nitrogens is 1. The number of carbonyl (C=O) groups excluding carboxylic acids is 2. The van der Waals surface area contributed by atoms with Crippen LogP contribution in [0.4, 0.5) is 0 Å². The number of hydrogen-bond acceptors (Lipinski definition) is 8. The van der Waals surface area contributed by atoms with E-state index in [1.165, 1.54) is 263 Å². The number of phosphoric acid groups is 1. The van der Waals surface area contributed by atoms with Gasteiger partial charge in [0.2, 0.25) is 0 Å². The van der Waals surface area contributed by atoms with Crippen LogP contribution in [0.5, 0.6) is 0 Å². The van der Waals surface area contributed by atoms with Crippen molar-refractivity contribution in [3.05, 3.63) is 60.8 Å². The fourth-order valence-electron chi connectivity index (χ4n) is 10.9. The summed E-state index contributed by atoms with van der Waals surface area (Å²) in [6.45, 7) is 4.18. The van der Waals surface area contributed by atoms with Crippen molar-refractivity contribution in [2.24, 2.45) is 0 Å². The third-order valence-electron chi connectivity index (χ3n) is 16.5. The molecule has 504 valence electrons. The first-order chi connectivity index (χ1) is 42.0. The van der Waals surface area contributed by atoms with Gasteiger partial charge < -0.3 is 27.9 Å². The summed E-state index contributed by atoms with van der Waals surface area (Å²) in [5.41, 5.74) is 0. The molecule has 0 rings (SSSR count). The molecule has 0 aromatic rings. The molecule has 0 amide bonds. The summed E-state index contributed by atoms with van der Waals surface area (Å²) < 4.78 is 34.3. The van der Waals surface area contributed by atoms with Crippen molar-refractivity contribution >= 4 is 19.8 Å². The number of rotatable bonds is 69. The van der Waals surface area contributed by atoms with Gasteiger partial charge in [-0.25, -0.2) is 0 Å². The smallest absolute Gasteiger partial charge is 0.306 e. The van der Waals surface area contributed by atoms with Gasteiger partial charge in [0.1, 0.15) is 19.8 Å². The van der Waals surface area contributed by atoms with Crippen molar-refractivity contribution in [3.63, 3.8) is 0 Å². The molecule has 0 aliphatic heterocycles. The third-order valence-corrected chi connectivity index (χ3v) is 17.5. The van der Waals surface area contributed by atoms with Crippen molar-refractivity contribution in [2.75, 3.05) is 47.5 Å². The number of phosphoric ester groups is 1. The van der Waals surface area contributed by atoms with E-state index >= 15 is 0 Å². The summed E-state index contributed by atoms with van der Waals surface area (Å²) in [4.78, 5) is 38.1. The van der Waals surface area contributed by atoms with Gasteiger partial charge >= 0.3 is 11.9 Å². The van der Waals surface area contributed by atoms with E-state index < -0.39 is 26.5 Å². The van der Waals surface area contributed by atoms with Crippen LogP contribution in [0.2, 0.25) is 0 Å². The van der Waals surface area contributed by atoms with Crippen molar-refractivity contribution in [2.45, 2.75) is 367 Å². The van der Waals surface area contributed by atoms with Crippen LogP contribution in [0.1, 0.15) is 361 Å². The summed E-state index contributed by atoms with van der Waals surface area (Å²) in [6.07, 6.45) is 89.0. The van der Waals surface area contributed by atoms with E-state index in [0.717, 1.165) is 64.2 Å². The number of likely N-dealkylation sites (N-methyl/N-ethyl adjacent to an activating group) is 1. The number of carbonyl (C=O) groups is 2. The van der Waals surface area contributed by atoms with Crippen LogP contribution in [0.15, 0.2) is 60.8 Å². The van der Waals surface area contributed by atoms with Gasteiger partial charge in [-0.05, 0) is 77.0 Å². The fourth-order valence-corrected chi connectivity index (χ4v) is 11.6. The number of nitrogens with zero attached hydrogens (tertiary/aromatic N) is 1. The molecule has 2 atom stereocenters. The monoisotopic (exact) mass is 1230 g/mol. The Morgan fingerprint density at radius 3 is 1.00 bits per heavy atom. The molecule has 0 radical (unpaired) electrons. The maximum Gasteiger partial charge on any atom is 0.306 e. The molecule has 0 N–H and O–H groups in total. The standard InChI is InChI=1S/C76H142NO8P/c1-6-8-10-12-14-16-18-20-22-24-26-28-30-32-33-34-35-36-37-38-39-40-41-42-43-45-46-48-50-52-54-56-58-60-62-64-66-68-75(78)82-72-74(73-84-86(80,81)83-71-70-77(3,4)5)85-76(79)69-67-65-63-61-59-57-55-53-51-49-47-44-31-29-27-25-23-21-19-17-15-13-11-9-7-2/h9,11,15,17,21,23-24,26-27,29,74H,6-8,10,12-14,16,18-20,22,25,28,30-73H2,1-5H3/b11-9-,17-15-,23-21-,26-24-,29-27-. The normalized spacial score (nSPS) is 13.4. The summed E-state index contributed by atoms with van der Waals surface area (Å²) in [7, 11) is 1.18. The van der Waals surface area contributed by atoms with Gasteiger partial charge in [-0.15, -0.1) is 0 Å². The average molecular weight is 1230 g/mol. The number of hydrogen-bond donors (Lipinski definition) is 0. The lowest BCUT2D eigenvalue weighted by molar-refractivity contribution is -0.870. The molecule has 10 heteroatoms. The number of unbranched alkanes of at least 4 members (excludes halogenated alkanes) is 45. The Hall–Kier alpha value is -2.29. The summed E-state index contributed by atoms with van der Waals surface area (Å²) in [5, 5.41) is 0. The Labute approximate surface area is 534 Å². The van der Waals surface area contributed by atoms with Gasteiger partial charge in [0.15, 0.2) is 6.10 Å². The highest BCUT2D eigenvalue weighted by Gasteiger charge is 2.22. The van der Waals surface area contributed by atoms with Crippen LogP contribution in [-0.4, -0.2) is 70.0 Å². The molecule has 0 aromatic heterocycles. The van der Waals surface area contributed by atoms with Gasteiger partial charge in [-0.3, -0.25) is 14.2 Å². The van der Waals surface area contributed by atoms with Gasteiger partial charge in [0.05, 0.1) is 27.7 Å². The molecule has 0 fully saturated rings. The quantitative estimate of drug-likeness (QED) is 0.0195. The van der Waals surface area contributed by atoms with Gasteiger partial charge in [0.25, 0.3) is 7.82 Å². The van der Waals surface area contributed by atoms with E-state index in [0.29, 0.717) is 17.4 Å². The third kappa shape index (κ3) is 70.8. The summed E-state index contributed by atoms with van der Waals surface area (Å²) >= 11 is 0. The molecule has 0 spiro atoms. The van der Waals surface area contributed by atoms with Crippen LogP contribution in [0.25, 0.3) is 0 Å². The molecule has 86 heavy (non-hydrogen) atoms. The summed E-state index contributed by atoms with van der Waals surface area (Å²) in [5.74, 6) is -0.820. The Balaban J connectivity index is 3.93. The van der Waals surface area contributed by atoms with E-state index in [9.17, 15) is 19.0 Å². The molecule has 2 unspecified atom stereocenters. The van der Waals surface area contributed by atoms with Crippen molar-refractivity contribution in [3.8, 4) is 0 Å². The van der Waals surface area contributed by atoms with Crippen LogP contribution in [0, 0.1) is 0 Å². The van der Waals surface area contributed by atoms with E-state index in [1.54, 1.807) is 0 Å². The Bertz CT molecular complexity index is 1630. The second kappa shape index (κ2) is 67.1. The topological polar surface area (TPSA) is 111 Å². The minimum absolute atomic E-state index is 0.0308. The molecule has 0 aliphatic carbocycles. The zero-order valence-corrected chi connectivity index (χ0v) is 58.4. The minimum Gasteiger partial charge on any atom is -0.756 e. The van der Waals surface area contributed by atoms with E-state index in [2.05, 4.69) is 74.6 Å². The SMILES string of the molecule is CC/C=C\C/C=C\C/C=C\C/C=C\CCCCCCCCCCCCCCC(=O)OC(COC(=O)CCCCCCCCCCCCCCCCCCCCCCCCCCC/C=C\CCCCCCCCCC)COP(=O)([O-])OCC[N+](C)(C)C. The van der Waals surface area contributed by atoms with Crippen molar-refractivity contribution < 1.29 is 42.1 Å². The largest absolute Gasteiger partial charge is 0.756 e. The zero-order chi connectivity index (χ0) is 62.6. The van der Waals surface area contributed by atoms with Crippen LogP contribution < -0.4 is 4.89 Å². The number of allylic oxidation sites excluding steroid dienone is 10. The van der Waals surface area contributed by atoms with Gasteiger partial charge in [-0.2, -0.15) is 0 Å². The minimum atomic E-state index is -4.64. The summed E-state index contributed by atoms with van der Waals surface area (Å²) in [6, 6.07) is 0. The predicted octanol–water partition coefficient (Wildman–Crippen LogP) is 23.5. The first-order valence-corrected chi connectivity index (χ1v) is 38.5. The van der Waals surface area contributed by atoms with Crippen LogP contribution in [-0.2, 0) is 32.7 Å². The zero-order valence-electron chi connectivity index (χ0n) is 57.5. The Kier molecular flexibility index (Phi) is 65.3. The predicted molar refractivity (Wildman–Crippen MR) is 370 cm³/mol. The highest BCUT2D eigenvalue weighted by molar-refractivity contribution is 7.45. The van der Waals surface area contributed by atoms with E-state index in [-0.39, 0.29) is 32.0 Å². The Morgan fingerprint density at radius 2 is 0.663 bits per heavy atom. The average Bonchev–Trinajstić information content (AvgIpc) is 3.70. The molecular weight excluding hydrogens is 1090 g/mol. The number of esters is 2. The maximum absolute atomic E-state index is 12.9. The second-order valence-corrected chi connectivity index (χ2v) is 27.7. The maximum atomic E-state index is 12.9. The van der Waals surface area contributed by atoms with Crippen LogP contribution >= 0.6 is 7.82 Å². The van der Waals surface area contributed by atoms with Crippen molar-refractivity contribution in [1.82, 2.24) is 0 Å². The highest BCUT2D eigenvalue weighted by Crippen LogP contribution is 2.38. The van der Waals surface area contributed by atoms with Gasteiger partial charge in [-0.1, -0.05) is 331 Å². The first kappa shape index (κ1) is 83.7. The lowest BCUT2D eigenvalue weighted by Crippen LogP contribution is -2.37. The van der Waals surface area contributed by atoms with E-state index in [1.807, 2.05) is 21.1 Å². The molecule has 0 aliphatic rings. The molecule has 0 saturated heterocycles. The fraction of sp³-hybridized carbons (Fsp3) is 0.842. The lowest BCUT2D eigenvalue weighted by atomic mass is 10.0. The van der Waals surface area contributed by atoms with E-state index in [4.69, 9.17) is 18.5 Å². The second-order valence-electron chi connectivity index (χ2n) is 26.3.